The molecule has 3 nitrogen and oxygen atoms in total. The van der Waals surface area contributed by atoms with Crippen molar-refractivity contribution in [1.82, 2.24) is 4.98 Å². The second-order valence-electron chi connectivity index (χ2n) is 2.56. The van der Waals surface area contributed by atoms with Gasteiger partial charge >= 0.3 is 0 Å². The summed E-state index contributed by atoms with van der Waals surface area (Å²) in [7, 11) is 0. The highest BCUT2D eigenvalue weighted by Gasteiger charge is 2.23. The van der Waals surface area contributed by atoms with Crippen LogP contribution in [0.3, 0.4) is 0 Å². The van der Waals surface area contributed by atoms with E-state index in [1.54, 1.807) is 6.20 Å². The van der Waals surface area contributed by atoms with E-state index in [9.17, 15) is 0 Å². The molecular formula is C8H8BrNO2. The molecule has 0 aromatic carbocycles. The summed E-state index contributed by atoms with van der Waals surface area (Å²) >= 11 is 3.29. The second-order valence-corrected chi connectivity index (χ2v) is 3.31. The zero-order chi connectivity index (χ0) is 8.39. The fourth-order valence-electron chi connectivity index (χ4n) is 0.826. The lowest BCUT2D eigenvalue weighted by atomic mass is 10.4. The number of pyridine rings is 1. The molecule has 1 aliphatic rings. The molecule has 0 bridgehead atoms. The van der Waals surface area contributed by atoms with Gasteiger partial charge < -0.3 is 9.47 Å². The molecule has 1 aliphatic heterocycles. The van der Waals surface area contributed by atoms with Crippen LogP contribution in [0.4, 0.5) is 0 Å². The summed E-state index contributed by atoms with van der Waals surface area (Å²) in [5.41, 5.74) is 0. The Kier molecular flexibility index (Phi) is 2.28. The molecule has 0 saturated carbocycles. The number of rotatable bonds is 3. The normalized spacial score (nSPS) is 20.6. The Balaban J connectivity index is 1.96. The predicted molar refractivity (Wildman–Crippen MR) is 47.2 cm³/mol. The first kappa shape index (κ1) is 8.01. The molecule has 2 heterocycles. The summed E-state index contributed by atoms with van der Waals surface area (Å²) < 4.78 is 11.2. The average Bonchev–Trinajstić information content (AvgIpc) is 2.86. The van der Waals surface area contributed by atoms with E-state index in [1.807, 2.05) is 12.1 Å². The van der Waals surface area contributed by atoms with Crippen molar-refractivity contribution in [3.05, 3.63) is 22.9 Å². The standard InChI is InChI=1S/C8H8BrNO2/c9-8-7(2-1-3-10-8)12-5-6-4-11-6/h1-3,6H,4-5H2/t6-/m0/s1. The van der Waals surface area contributed by atoms with Crippen LogP contribution in [0.25, 0.3) is 0 Å². The van der Waals surface area contributed by atoms with Crippen LogP contribution >= 0.6 is 15.9 Å². The summed E-state index contributed by atoms with van der Waals surface area (Å²) in [5, 5.41) is 0. The Hall–Kier alpha value is -0.610. The van der Waals surface area contributed by atoms with E-state index in [0.717, 1.165) is 17.0 Å². The molecule has 0 aliphatic carbocycles. The molecule has 1 aromatic rings. The number of hydrogen-bond donors (Lipinski definition) is 0. The third-order valence-electron chi connectivity index (χ3n) is 1.55. The Bertz CT molecular complexity index is 276. The maximum atomic E-state index is 5.43. The molecule has 0 N–H and O–H groups in total. The Morgan fingerprint density at radius 3 is 3.25 bits per heavy atom. The molecular weight excluding hydrogens is 222 g/mol. The Morgan fingerprint density at radius 1 is 1.75 bits per heavy atom. The van der Waals surface area contributed by atoms with Crippen molar-refractivity contribution >= 4 is 15.9 Å². The van der Waals surface area contributed by atoms with E-state index in [0.29, 0.717) is 6.61 Å². The van der Waals surface area contributed by atoms with E-state index in [1.165, 1.54) is 0 Å². The minimum absolute atomic E-state index is 0.289. The Labute approximate surface area is 78.8 Å². The van der Waals surface area contributed by atoms with Gasteiger partial charge in [-0.05, 0) is 28.1 Å². The minimum atomic E-state index is 0.289. The third-order valence-corrected chi connectivity index (χ3v) is 2.15. The molecule has 0 unspecified atom stereocenters. The fraction of sp³-hybridized carbons (Fsp3) is 0.375. The molecule has 2 rings (SSSR count). The van der Waals surface area contributed by atoms with E-state index in [4.69, 9.17) is 9.47 Å². The molecule has 1 fully saturated rings. The van der Waals surface area contributed by atoms with E-state index < -0.39 is 0 Å². The van der Waals surface area contributed by atoms with Gasteiger partial charge in [-0.15, -0.1) is 0 Å². The van der Waals surface area contributed by atoms with Crippen LogP contribution in [0, 0.1) is 0 Å². The number of hydrogen-bond acceptors (Lipinski definition) is 3. The average molecular weight is 230 g/mol. The third kappa shape index (κ3) is 1.95. The molecule has 0 amide bonds. The van der Waals surface area contributed by atoms with Crippen molar-refractivity contribution in [3.63, 3.8) is 0 Å². The molecule has 1 saturated heterocycles. The topological polar surface area (TPSA) is 34.6 Å². The van der Waals surface area contributed by atoms with Gasteiger partial charge in [0.1, 0.15) is 17.3 Å². The van der Waals surface area contributed by atoms with Gasteiger partial charge in [0, 0.05) is 6.20 Å². The first-order valence-electron chi connectivity index (χ1n) is 3.71. The van der Waals surface area contributed by atoms with Gasteiger partial charge in [-0.2, -0.15) is 0 Å². The second kappa shape index (κ2) is 3.41. The first-order chi connectivity index (χ1) is 5.86. The maximum absolute atomic E-state index is 5.43. The summed E-state index contributed by atoms with van der Waals surface area (Å²) in [6.07, 6.45) is 2.00. The van der Waals surface area contributed by atoms with E-state index in [2.05, 4.69) is 20.9 Å². The maximum Gasteiger partial charge on any atom is 0.152 e. The number of aromatic nitrogens is 1. The van der Waals surface area contributed by atoms with Crippen molar-refractivity contribution < 1.29 is 9.47 Å². The van der Waals surface area contributed by atoms with Crippen LogP contribution in [-0.4, -0.2) is 24.3 Å². The SMILES string of the molecule is Brc1ncccc1OC[C@@H]1CO1. The van der Waals surface area contributed by atoms with Gasteiger partial charge in [-0.25, -0.2) is 4.98 Å². The van der Waals surface area contributed by atoms with Gasteiger partial charge in [-0.3, -0.25) is 0 Å². The molecule has 0 radical (unpaired) electrons. The van der Waals surface area contributed by atoms with Gasteiger partial charge in [0.05, 0.1) is 6.61 Å². The fourth-order valence-corrected chi connectivity index (χ4v) is 1.19. The van der Waals surface area contributed by atoms with Crippen molar-refractivity contribution in [3.8, 4) is 5.75 Å². The number of nitrogens with zero attached hydrogens (tertiary/aromatic N) is 1. The lowest BCUT2D eigenvalue weighted by Crippen LogP contribution is -2.04. The van der Waals surface area contributed by atoms with Crippen LogP contribution in [0.5, 0.6) is 5.75 Å². The van der Waals surface area contributed by atoms with E-state index in [-0.39, 0.29) is 6.10 Å². The highest BCUT2D eigenvalue weighted by molar-refractivity contribution is 9.10. The number of halogens is 1. The molecule has 0 spiro atoms. The van der Waals surface area contributed by atoms with Crippen LogP contribution in [0.2, 0.25) is 0 Å². The molecule has 12 heavy (non-hydrogen) atoms. The quantitative estimate of drug-likeness (QED) is 0.584. The molecule has 4 heteroatoms. The number of ether oxygens (including phenoxy) is 2. The van der Waals surface area contributed by atoms with Crippen LogP contribution in [-0.2, 0) is 4.74 Å². The van der Waals surface area contributed by atoms with Crippen LogP contribution in [0.1, 0.15) is 0 Å². The van der Waals surface area contributed by atoms with Gasteiger partial charge in [0.15, 0.2) is 5.75 Å². The van der Waals surface area contributed by atoms with Gasteiger partial charge in [0.2, 0.25) is 0 Å². The zero-order valence-corrected chi connectivity index (χ0v) is 7.95. The van der Waals surface area contributed by atoms with Crippen molar-refractivity contribution in [1.29, 1.82) is 0 Å². The van der Waals surface area contributed by atoms with E-state index >= 15 is 0 Å². The Morgan fingerprint density at radius 2 is 2.58 bits per heavy atom. The van der Waals surface area contributed by atoms with Gasteiger partial charge in [-0.1, -0.05) is 0 Å². The lowest BCUT2D eigenvalue weighted by Gasteiger charge is -2.04. The highest BCUT2D eigenvalue weighted by Crippen LogP contribution is 2.22. The van der Waals surface area contributed by atoms with Crippen molar-refractivity contribution in [2.75, 3.05) is 13.2 Å². The monoisotopic (exact) mass is 229 g/mol. The van der Waals surface area contributed by atoms with Crippen LogP contribution < -0.4 is 4.74 Å². The molecule has 1 atom stereocenters. The minimum Gasteiger partial charge on any atom is -0.488 e. The van der Waals surface area contributed by atoms with Gasteiger partial charge in [0.25, 0.3) is 0 Å². The summed E-state index contributed by atoms with van der Waals surface area (Å²) in [4.78, 5) is 4.03. The van der Waals surface area contributed by atoms with Crippen molar-refractivity contribution in [2.24, 2.45) is 0 Å². The predicted octanol–water partition coefficient (Wildman–Crippen LogP) is 1.62. The largest absolute Gasteiger partial charge is 0.488 e. The summed E-state index contributed by atoms with van der Waals surface area (Å²) in [6, 6.07) is 3.72. The smallest absolute Gasteiger partial charge is 0.152 e. The number of epoxide rings is 1. The van der Waals surface area contributed by atoms with Crippen LogP contribution in [0.15, 0.2) is 22.9 Å². The first-order valence-corrected chi connectivity index (χ1v) is 4.50. The summed E-state index contributed by atoms with van der Waals surface area (Å²) in [6.45, 7) is 1.43. The molecule has 64 valence electrons. The highest BCUT2D eigenvalue weighted by atomic mass is 79.9. The van der Waals surface area contributed by atoms with Crippen molar-refractivity contribution in [2.45, 2.75) is 6.10 Å². The zero-order valence-electron chi connectivity index (χ0n) is 6.37. The summed E-state index contributed by atoms with van der Waals surface area (Å²) in [5.74, 6) is 0.771. The lowest BCUT2D eigenvalue weighted by molar-refractivity contribution is 0.261. The molecule has 1 aromatic heterocycles.